The van der Waals surface area contributed by atoms with Gasteiger partial charge in [-0.15, -0.1) is 10.2 Å². The SMILES string of the molecule is O=C(O)C1CCc2nncn2CC1. The topological polar surface area (TPSA) is 68.0 Å². The van der Waals surface area contributed by atoms with Gasteiger partial charge in [-0.25, -0.2) is 0 Å². The fourth-order valence-electron chi connectivity index (χ4n) is 1.65. The van der Waals surface area contributed by atoms with Gasteiger partial charge >= 0.3 is 5.97 Å². The van der Waals surface area contributed by atoms with Gasteiger partial charge in [0.05, 0.1) is 5.92 Å². The maximum atomic E-state index is 10.7. The summed E-state index contributed by atoms with van der Waals surface area (Å²) in [5.41, 5.74) is 0. The predicted molar refractivity (Wildman–Crippen MR) is 44.1 cm³/mol. The largest absolute Gasteiger partial charge is 0.481 e. The van der Waals surface area contributed by atoms with Crippen LogP contribution < -0.4 is 0 Å². The first-order chi connectivity index (χ1) is 6.27. The lowest BCUT2D eigenvalue weighted by Crippen LogP contribution is -2.14. The summed E-state index contributed by atoms with van der Waals surface area (Å²) < 4.78 is 1.93. The van der Waals surface area contributed by atoms with E-state index in [0.717, 1.165) is 18.8 Å². The average Bonchev–Trinajstić information content (AvgIpc) is 2.44. The minimum atomic E-state index is -0.696. The Balaban J connectivity index is 2.12. The van der Waals surface area contributed by atoms with Gasteiger partial charge < -0.3 is 9.67 Å². The predicted octanol–water partition coefficient (Wildman–Crippen LogP) is 0.315. The second kappa shape index (κ2) is 3.16. The Morgan fingerprint density at radius 2 is 2.46 bits per heavy atom. The van der Waals surface area contributed by atoms with Crippen molar-refractivity contribution in [1.29, 1.82) is 0 Å². The molecule has 1 aromatic rings. The third-order valence-electron chi connectivity index (χ3n) is 2.48. The first-order valence-corrected chi connectivity index (χ1v) is 4.37. The van der Waals surface area contributed by atoms with Crippen LogP contribution in [0.4, 0.5) is 0 Å². The first kappa shape index (κ1) is 8.22. The summed E-state index contributed by atoms with van der Waals surface area (Å²) >= 11 is 0. The molecule has 70 valence electrons. The third-order valence-corrected chi connectivity index (χ3v) is 2.48. The molecule has 0 fully saturated rings. The molecule has 2 rings (SSSR count). The van der Waals surface area contributed by atoms with Crippen molar-refractivity contribution in [3.63, 3.8) is 0 Å². The van der Waals surface area contributed by atoms with Crippen LogP contribution in [0, 0.1) is 5.92 Å². The van der Waals surface area contributed by atoms with Crippen LogP contribution in [0.2, 0.25) is 0 Å². The van der Waals surface area contributed by atoms with Gasteiger partial charge in [-0.2, -0.15) is 0 Å². The Bertz CT molecular complexity index is 298. The quantitative estimate of drug-likeness (QED) is 0.677. The van der Waals surface area contributed by atoms with E-state index in [0.29, 0.717) is 12.8 Å². The standard InChI is InChI=1S/C8H11N3O2/c12-8(13)6-1-2-7-10-9-5-11(7)4-3-6/h5-6H,1-4H2,(H,12,13). The van der Waals surface area contributed by atoms with Crippen LogP contribution in [0.25, 0.3) is 0 Å². The molecule has 5 heteroatoms. The summed E-state index contributed by atoms with van der Waals surface area (Å²) in [7, 11) is 0. The summed E-state index contributed by atoms with van der Waals surface area (Å²) in [6.07, 6.45) is 3.74. The van der Waals surface area contributed by atoms with Crippen LogP contribution in [0.5, 0.6) is 0 Å². The molecule has 1 unspecified atom stereocenters. The molecule has 1 atom stereocenters. The third kappa shape index (κ3) is 1.54. The lowest BCUT2D eigenvalue weighted by atomic mass is 10.0. The van der Waals surface area contributed by atoms with Crippen molar-refractivity contribution >= 4 is 5.97 Å². The molecular formula is C8H11N3O2. The van der Waals surface area contributed by atoms with Gasteiger partial charge in [0.1, 0.15) is 12.2 Å². The molecule has 0 bridgehead atoms. The minimum Gasteiger partial charge on any atom is -0.481 e. The summed E-state index contributed by atoms with van der Waals surface area (Å²) in [6.45, 7) is 0.722. The van der Waals surface area contributed by atoms with E-state index in [4.69, 9.17) is 5.11 Å². The Kier molecular flexibility index (Phi) is 2.00. The monoisotopic (exact) mass is 181 g/mol. The van der Waals surface area contributed by atoms with Crippen molar-refractivity contribution in [2.45, 2.75) is 25.8 Å². The maximum Gasteiger partial charge on any atom is 0.306 e. The molecule has 13 heavy (non-hydrogen) atoms. The number of hydrogen-bond acceptors (Lipinski definition) is 3. The minimum absolute atomic E-state index is 0.221. The molecule has 0 saturated carbocycles. The Morgan fingerprint density at radius 3 is 3.23 bits per heavy atom. The van der Waals surface area contributed by atoms with E-state index in [2.05, 4.69) is 10.2 Å². The molecule has 0 amide bonds. The molecule has 0 spiro atoms. The highest BCUT2D eigenvalue weighted by Crippen LogP contribution is 2.18. The first-order valence-electron chi connectivity index (χ1n) is 4.37. The van der Waals surface area contributed by atoms with Gasteiger partial charge in [0.15, 0.2) is 0 Å². The van der Waals surface area contributed by atoms with Crippen LogP contribution in [0.15, 0.2) is 6.33 Å². The van der Waals surface area contributed by atoms with E-state index < -0.39 is 5.97 Å². The van der Waals surface area contributed by atoms with E-state index in [1.807, 2.05) is 4.57 Å². The lowest BCUT2D eigenvalue weighted by Gasteiger charge is -2.05. The molecule has 1 aromatic heterocycles. The number of rotatable bonds is 1. The van der Waals surface area contributed by atoms with E-state index in [1.165, 1.54) is 0 Å². The van der Waals surface area contributed by atoms with E-state index >= 15 is 0 Å². The lowest BCUT2D eigenvalue weighted by molar-refractivity contribution is -0.142. The summed E-state index contributed by atoms with van der Waals surface area (Å²) in [5, 5.41) is 16.5. The molecule has 1 N–H and O–H groups in total. The zero-order chi connectivity index (χ0) is 9.26. The second-order valence-corrected chi connectivity index (χ2v) is 3.30. The van der Waals surface area contributed by atoms with Gasteiger partial charge in [-0.05, 0) is 12.8 Å². The molecule has 1 aliphatic rings. The van der Waals surface area contributed by atoms with Crippen LogP contribution in [0.1, 0.15) is 18.7 Å². The van der Waals surface area contributed by atoms with Crippen molar-refractivity contribution in [1.82, 2.24) is 14.8 Å². The van der Waals surface area contributed by atoms with Gasteiger partial charge in [0, 0.05) is 13.0 Å². The average molecular weight is 181 g/mol. The fraction of sp³-hybridized carbons (Fsp3) is 0.625. The number of fused-ring (bicyclic) bond motifs is 1. The van der Waals surface area contributed by atoms with Crippen LogP contribution in [-0.4, -0.2) is 25.8 Å². The Hall–Kier alpha value is -1.39. The van der Waals surface area contributed by atoms with Crippen molar-refractivity contribution in [2.24, 2.45) is 5.92 Å². The molecule has 0 radical (unpaired) electrons. The van der Waals surface area contributed by atoms with Gasteiger partial charge in [-0.3, -0.25) is 4.79 Å². The van der Waals surface area contributed by atoms with E-state index in [-0.39, 0.29) is 5.92 Å². The molecule has 1 aliphatic heterocycles. The molecule has 5 nitrogen and oxygen atoms in total. The molecular weight excluding hydrogens is 170 g/mol. The van der Waals surface area contributed by atoms with Gasteiger partial charge in [-0.1, -0.05) is 0 Å². The number of aliphatic carboxylic acids is 1. The van der Waals surface area contributed by atoms with Crippen molar-refractivity contribution in [2.75, 3.05) is 0 Å². The Morgan fingerprint density at radius 1 is 1.62 bits per heavy atom. The smallest absolute Gasteiger partial charge is 0.306 e. The van der Waals surface area contributed by atoms with E-state index in [9.17, 15) is 4.79 Å². The molecule has 2 heterocycles. The highest BCUT2D eigenvalue weighted by molar-refractivity contribution is 5.69. The molecule has 0 saturated heterocycles. The summed E-state index contributed by atoms with van der Waals surface area (Å²) in [4.78, 5) is 10.7. The number of carbonyl (C=O) groups is 1. The second-order valence-electron chi connectivity index (χ2n) is 3.30. The zero-order valence-corrected chi connectivity index (χ0v) is 7.18. The summed E-state index contributed by atoms with van der Waals surface area (Å²) in [6, 6.07) is 0. The number of nitrogens with zero attached hydrogens (tertiary/aromatic N) is 3. The zero-order valence-electron chi connectivity index (χ0n) is 7.18. The fourth-order valence-corrected chi connectivity index (χ4v) is 1.65. The van der Waals surface area contributed by atoms with Gasteiger partial charge in [0.25, 0.3) is 0 Å². The molecule has 0 aliphatic carbocycles. The number of aryl methyl sites for hydroxylation is 2. The molecule has 0 aromatic carbocycles. The normalized spacial score (nSPS) is 22.0. The van der Waals surface area contributed by atoms with Crippen molar-refractivity contribution < 1.29 is 9.90 Å². The summed E-state index contributed by atoms with van der Waals surface area (Å²) in [5.74, 6) is -0.0100. The van der Waals surface area contributed by atoms with Crippen LogP contribution >= 0.6 is 0 Å². The number of carboxylic acid groups (broad SMARTS) is 1. The number of aromatic nitrogens is 3. The highest BCUT2D eigenvalue weighted by atomic mass is 16.4. The van der Waals surface area contributed by atoms with Crippen LogP contribution in [0.3, 0.4) is 0 Å². The van der Waals surface area contributed by atoms with Crippen molar-refractivity contribution in [3.8, 4) is 0 Å². The number of hydrogen-bond donors (Lipinski definition) is 1. The van der Waals surface area contributed by atoms with Crippen molar-refractivity contribution in [3.05, 3.63) is 12.2 Å². The maximum absolute atomic E-state index is 10.7. The Labute approximate surface area is 75.4 Å². The van der Waals surface area contributed by atoms with Gasteiger partial charge in [0.2, 0.25) is 0 Å². The van der Waals surface area contributed by atoms with Crippen LogP contribution in [-0.2, 0) is 17.8 Å². The number of carboxylic acids is 1. The highest BCUT2D eigenvalue weighted by Gasteiger charge is 2.22. The van der Waals surface area contributed by atoms with E-state index in [1.54, 1.807) is 6.33 Å².